The van der Waals surface area contributed by atoms with E-state index < -0.39 is 4.92 Å². The monoisotopic (exact) mass is 324 g/mol. The molecule has 1 N–H and O–H groups in total. The number of nitrogens with zero attached hydrogens (tertiary/aromatic N) is 1. The summed E-state index contributed by atoms with van der Waals surface area (Å²) in [5.41, 5.74) is 1.61. The first-order valence-electron chi connectivity index (χ1n) is 6.77. The van der Waals surface area contributed by atoms with E-state index >= 15 is 0 Å². The molecule has 21 heavy (non-hydrogen) atoms. The number of benzene rings is 1. The molecule has 1 aromatic heterocycles. The van der Waals surface area contributed by atoms with Crippen molar-refractivity contribution < 1.29 is 4.92 Å². The van der Waals surface area contributed by atoms with Crippen LogP contribution in [0.5, 0.6) is 0 Å². The number of halogens is 1. The Kier molecular flexibility index (Phi) is 5.20. The molecule has 0 saturated heterocycles. The topological polar surface area (TPSA) is 55.2 Å². The fraction of sp³-hybridized carbons (Fsp3) is 0.333. The molecule has 4 nitrogen and oxygen atoms in total. The smallest absolute Gasteiger partial charge is 0.288 e. The number of nitro groups is 1. The summed E-state index contributed by atoms with van der Waals surface area (Å²) in [6.07, 6.45) is 2.05. The van der Waals surface area contributed by atoms with E-state index in [0.29, 0.717) is 0 Å². The van der Waals surface area contributed by atoms with Crippen LogP contribution in [0.2, 0.25) is 5.02 Å². The van der Waals surface area contributed by atoms with Gasteiger partial charge in [-0.05, 0) is 36.4 Å². The first-order chi connectivity index (χ1) is 10.0. The van der Waals surface area contributed by atoms with Crippen molar-refractivity contribution in [2.45, 2.75) is 32.7 Å². The summed E-state index contributed by atoms with van der Waals surface area (Å²) in [6, 6.07) is 7.49. The van der Waals surface area contributed by atoms with E-state index in [1.54, 1.807) is 17.4 Å². The van der Waals surface area contributed by atoms with Gasteiger partial charge in [0.05, 0.1) is 11.0 Å². The summed E-state index contributed by atoms with van der Waals surface area (Å²) in [4.78, 5) is 11.7. The number of thiophene rings is 1. The Labute approximate surface area is 132 Å². The zero-order valence-electron chi connectivity index (χ0n) is 11.9. The van der Waals surface area contributed by atoms with E-state index in [9.17, 15) is 10.1 Å². The molecule has 0 fully saturated rings. The van der Waals surface area contributed by atoms with Gasteiger partial charge in [0.1, 0.15) is 5.02 Å². The van der Waals surface area contributed by atoms with Crippen LogP contribution in [0.3, 0.4) is 0 Å². The first kappa shape index (κ1) is 15.8. The van der Waals surface area contributed by atoms with Gasteiger partial charge in [0.25, 0.3) is 5.69 Å². The van der Waals surface area contributed by atoms with Crippen LogP contribution >= 0.6 is 22.9 Å². The standard InChI is InChI=1S/C15H17ClN2O2S/c1-3-5-12(15-6-4-7-21-15)17-13-9-11(16)14(18(19)20)8-10(13)2/h4,6-9,12,17H,3,5H2,1-2H3. The second kappa shape index (κ2) is 6.91. The van der Waals surface area contributed by atoms with E-state index in [1.165, 1.54) is 10.9 Å². The molecule has 0 aliphatic carbocycles. The molecule has 0 amide bonds. The van der Waals surface area contributed by atoms with Crippen LogP contribution in [0, 0.1) is 17.0 Å². The van der Waals surface area contributed by atoms with Crippen LogP contribution in [0.25, 0.3) is 0 Å². The number of nitrogens with one attached hydrogen (secondary N) is 1. The molecule has 1 aromatic carbocycles. The van der Waals surface area contributed by atoms with Gasteiger partial charge in [-0.25, -0.2) is 0 Å². The number of hydrogen-bond acceptors (Lipinski definition) is 4. The Morgan fingerprint density at radius 3 is 2.81 bits per heavy atom. The van der Waals surface area contributed by atoms with Crippen molar-refractivity contribution in [2.75, 3.05) is 5.32 Å². The third-order valence-corrected chi connectivity index (χ3v) is 4.57. The lowest BCUT2D eigenvalue weighted by molar-refractivity contribution is -0.384. The zero-order valence-corrected chi connectivity index (χ0v) is 13.5. The summed E-state index contributed by atoms with van der Waals surface area (Å²) >= 11 is 7.71. The van der Waals surface area contributed by atoms with Gasteiger partial charge in [-0.3, -0.25) is 10.1 Å². The largest absolute Gasteiger partial charge is 0.377 e. The lowest BCUT2D eigenvalue weighted by Gasteiger charge is -2.20. The van der Waals surface area contributed by atoms with Crippen molar-refractivity contribution >= 4 is 34.3 Å². The molecule has 0 radical (unpaired) electrons. The molecule has 0 spiro atoms. The fourth-order valence-corrected chi connectivity index (χ4v) is 3.26. The molecule has 6 heteroatoms. The maximum atomic E-state index is 10.9. The summed E-state index contributed by atoms with van der Waals surface area (Å²) in [5.74, 6) is 0. The molecule has 1 atom stereocenters. The van der Waals surface area contributed by atoms with E-state index in [0.717, 1.165) is 24.1 Å². The van der Waals surface area contributed by atoms with Crippen molar-refractivity contribution in [3.63, 3.8) is 0 Å². The Balaban J connectivity index is 2.29. The van der Waals surface area contributed by atoms with Gasteiger partial charge in [0.15, 0.2) is 0 Å². The molecule has 112 valence electrons. The SMILES string of the molecule is CCCC(Nc1cc(Cl)c([N+](=O)[O-])cc1C)c1cccs1. The van der Waals surface area contributed by atoms with Gasteiger partial charge < -0.3 is 5.32 Å². The Morgan fingerprint density at radius 2 is 2.24 bits per heavy atom. The van der Waals surface area contributed by atoms with Crippen LogP contribution in [0.15, 0.2) is 29.6 Å². The molecule has 1 heterocycles. The van der Waals surface area contributed by atoms with Gasteiger partial charge in [-0.1, -0.05) is 31.0 Å². The zero-order chi connectivity index (χ0) is 15.4. The minimum Gasteiger partial charge on any atom is -0.377 e. The lowest BCUT2D eigenvalue weighted by atomic mass is 10.1. The Morgan fingerprint density at radius 1 is 1.48 bits per heavy atom. The molecule has 2 aromatic rings. The highest BCUT2D eigenvalue weighted by molar-refractivity contribution is 7.10. The molecule has 1 unspecified atom stereocenters. The van der Waals surface area contributed by atoms with Crippen LogP contribution in [0.1, 0.15) is 36.2 Å². The van der Waals surface area contributed by atoms with Crippen LogP contribution in [-0.4, -0.2) is 4.92 Å². The normalized spacial score (nSPS) is 12.1. The Hall–Kier alpha value is -1.59. The number of nitro benzene ring substituents is 1. The second-order valence-electron chi connectivity index (χ2n) is 4.88. The van der Waals surface area contributed by atoms with Gasteiger partial charge in [0, 0.05) is 16.6 Å². The highest BCUT2D eigenvalue weighted by atomic mass is 35.5. The summed E-state index contributed by atoms with van der Waals surface area (Å²) in [6.45, 7) is 3.99. The average molecular weight is 325 g/mol. The fourth-order valence-electron chi connectivity index (χ4n) is 2.21. The quantitative estimate of drug-likeness (QED) is 0.558. The highest BCUT2D eigenvalue weighted by Gasteiger charge is 2.18. The first-order valence-corrected chi connectivity index (χ1v) is 8.03. The van der Waals surface area contributed by atoms with Crippen LogP contribution < -0.4 is 5.32 Å². The minimum absolute atomic E-state index is 0.0529. The molecule has 0 bridgehead atoms. The molecular weight excluding hydrogens is 308 g/mol. The number of hydrogen-bond donors (Lipinski definition) is 1. The van der Waals surface area contributed by atoms with Crippen molar-refractivity contribution in [1.82, 2.24) is 0 Å². The number of anilines is 1. The summed E-state index contributed by atoms with van der Waals surface area (Å²) in [7, 11) is 0. The average Bonchev–Trinajstić information content (AvgIpc) is 2.95. The minimum atomic E-state index is -0.456. The molecule has 0 saturated carbocycles. The van der Waals surface area contributed by atoms with E-state index in [-0.39, 0.29) is 16.8 Å². The van der Waals surface area contributed by atoms with Crippen LogP contribution in [-0.2, 0) is 0 Å². The third kappa shape index (κ3) is 3.74. The maximum Gasteiger partial charge on any atom is 0.288 e. The van der Waals surface area contributed by atoms with E-state index in [1.807, 2.05) is 13.0 Å². The lowest BCUT2D eigenvalue weighted by Crippen LogP contribution is -2.10. The maximum absolute atomic E-state index is 10.9. The van der Waals surface area contributed by atoms with Gasteiger partial charge >= 0.3 is 0 Å². The van der Waals surface area contributed by atoms with Crippen molar-refractivity contribution in [1.29, 1.82) is 0 Å². The Bertz CT molecular complexity index is 629. The number of aryl methyl sites for hydroxylation is 1. The summed E-state index contributed by atoms with van der Waals surface area (Å²) < 4.78 is 0. The van der Waals surface area contributed by atoms with Crippen LogP contribution in [0.4, 0.5) is 11.4 Å². The molecular formula is C15H17ClN2O2S. The van der Waals surface area contributed by atoms with E-state index in [4.69, 9.17) is 11.6 Å². The second-order valence-corrected chi connectivity index (χ2v) is 6.26. The molecule has 0 aliphatic heterocycles. The summed E-state index contributed by atoms with van der Waals surface area (Å²) in [5, 5.41) is 16.6. The molecule has 2 rings (SSSR count). The predicted octanol–water partition coefficient (Wildman–Crippen LogP) is 5.57. The van der Waals surface area contributed by atoms with Gasteiger partial charge in [-0.2, -0.15) is 0 Å². The van der Waals surface area contributed by atoms with Gasteiger partial charge in [-0.15, -0.1) is 11.3 Å². The van der Waals surface area contributed by atoms with Crippen molar-refractivity contribution in [3.05, 3.63) is 55.2 Å². The van der Waals surface area contributed by atoms with E-state index in [2.05, 4.69) is 23.7 Å². The molecule has 0 aliphatic rings. The third-order valence-electron chi connectivity index (χ3n) is 3.28. The van der Waals surface area contributed by atoms with Gasteiger partial charge in [0.2, 0.25) is 0 Å². The highest BCUT2D eigenvalue weighted by Crippen LogP contribution is 2.34. The van der Waals surface area contributed by atoms with Crippen molar-refractivity contribution in [2.24, 2.45) is 0 Å². The number of rotatable bonds is 6. The predicted molar refractivity (Wildman–Crippen MR) is 88.4 cm³/mol. The van der Waals surface area contributed by atoms with Crippen molar-refractivity contribution in [3.8, 4) is 0 Å².